The minimum absolute atomic E-state index is 0.0556. The Kier molecular flexibility index (Phi) is 2.20. The van der Waals surface area contributed by atoms with Gasteiger partial charge in [-0.2, -0.15) is 0 Å². The zero-order chi connectivity index (χ0) is 5.98. The molecule has 1 aliphatic rings. The molecule has 1 heterocycles. The van der Waals surface area contributed by atoms with Crippen molar-refractivity contribution in [3.05, 3.63) is 0 Å². The van der Waals surface area contributed by atoms with Crippen LogP contribution in [-0.2, 0) is 0 Å². The molecule has 1 aliphatic heterocycles. The Morgan fingerprint density at radius 1 is 1.62 bits per heavy atom. The van der Waals surface area contributed by atoms with E-state index in [9.17, 15) is 0 Å². The summed E-state index contributed by atoms with van der Waals surface area (Å²) in [6.45, 7) is 2.18. The molecular formula is C6H12OS. The minimum atomic E-state index is -0.0556. The van der Waals surface area contributed by atoms with Gasteiger partial charge in [0.15, 0.2) is 0 Å². The molecule has 0 saturated carbocycles. The van der Waals surface area contributed by atoms with E-state index in [1.54, 1.807) is 11.8 Å². The van der Waals surface area contributed by atoms with Crippen molar-refractivity contribution in [1.82, 2.24) is 0 Å². The van der Waals surface area contributed by atoms with E-state index < -0.39 is 0 Å². The summed E-state index contributed by atoms with van der Waals surface area (Å²) in [5.41, 5.74) is -0.0556. The van der Waals surface area contributed by atoms with Crippen LogP contribution in [0, 0.1) is 0 Å². The molecule has 1 saturated heterocycles. The van der Waals surface area contributed by atoms with Crippen LogP contribution in [0.5, 0.6) is 0 Å². The van der Waals surface area contributed by atoms with Gasteiger partial charge in [-0.25, -0.2) is 0 Å². The third-order valence-corrected chi connectivity index (χ3v) is 3.04. The van der Waals surface area contributed by atoms with Crippen molar-refractivity contribution in [2.24, 2.45) is 0 Å². The molecule has 48 valence electrons. The number of aliphatic hydroxyl groups is 1. The number of aliphatic hydroxyl groups excluding tert-OH is 1. The molecule has 0 aromatic carbocycles. The van der Waals surface area contributed by atoms with Gasteiger partial charge in [0.2, 0.25) is 0 Å². The van der Waals surface area contributed by atoms with Crippen molar-refractivity contribution >= 4 is 11.8 Å². The third-order valence-electron chi connectivity index (χ3n) is 1.54. The average molecular weight is 132 g/mol. The molecule has 0 bridgehead atoms. The van der Waals surface area contributed by atoms with Gasteiger partial charge in [-0.05, 0) is 19.3 Å². The van der Waals surface area contributed by atoms with E-state index in [1.165, 1.54) is 12.8 Å². The van der Waals surface area contributed by atoms with Crippen LogP contribution >= 0.6 is 11.8 Å². The Hall–Kier alpha value is 0.310. The van der Waals surface area contributed by atoms with Crippen molar-refractivity contribution in [3.8, 4) is 0 Å². The second-order valence-electron chi connectivity index (χ2n) is 2.20. The fourth-order valence-electron chi connectivity index (χ4n) is 0.987. The van der Waals surface area contributed by atoms with Gasteiger partial charge in [0.05, 0.1) is 5.44 Å². The van der Waals surface area contributed by atoms with Crippen LogP contribution < -0.4 is 0 Å². The van der Waals surface area contributed by atoms with Gasteiger partial charge < -0.3 is 5.11 Å². The van der Waals surface area contributed by atoms with Crippen molar-refractivity contribution in [2.45, 2.75) is 36.9 Å². The highest BCUT2D eigenvalue weighted by Gasteiger charge is 2.20. The first-order valence-corrected chi connectivity index (χ1v) is 4.10. The molecule has 1 rings (SSSR count). The zero-order valence-corrected chi connectivity index (χ0v) is 5.95. The topological polar surface area (TPSA) is 20.2 Å². The maximum Gasteiger partial charge on any atom is 0.0995 e. The molecule has 0 amide bonds. The summed E-state index contributed by atoms with van der Waals surface area (Å²) in [7, 11) is 0. The Bertz CT molecular complexity index is 74.9. The number of rotatable bonds is 1. The van der Waals surface area contributed by atoms with Crippen molar-refractivity contribution in [2.75, 3.05) is 0 Å². The Morgan fingerprint density at radius 2 is 2.38 bits per heavy atom. The minimum Gasteiger partial charge on any atom is -0.382 e. The van der Waals surface area contributed by atoms with Crippen LogP contribution in [0.25, 0.3) is 0 Å². The summed E-state index contributed by atoms with van der Waals surface area (Å²) < 4.78 is 0. The zero-order valence-electron chi connectivity index (χ0n) is 5.13. The summed E-state index contributed by atoms with van der Waals surface area (Å²) in [6.07, 6.45) is 3.42. The van der Waals surface area contributed by atoms with E-state index in [-0.39, 0.29) is 5.44 Å². The predicted octanol–water partition coefficient (Wildman–Crippen LogP) is 1.61. The van der Waals surface area contributed by atoms with Crippen LogP contribution in [0.3, 0.4) is 0 Å². The van der Waals surface area contributed by atoms with Gasteiger partial charge in [-0.3, -0.25) is 0 Å². The maximum atomic E-state index is 8.99. The predicted molar refractivity (Wildman–Crippen MR) is 36.9 cm³/mol. The van der Waals surface area contributed by atoms with Crippen LogP contribution in [-0.4, -0.2) is 15.8 Å². The second kappa shape index (κ2) is 2.74. The summed E-state index contributed by atoms with van der Waals surface area (Å²) in [6, 6.07) is 0. The molecule has 2 unspecified atom stereocenters. The molecule has 0 spiro atoms. The van der Waals surface area contributed by atoms with Crippen molar-refractivity contribution < 1.29 is 5.11 Å². The van der Waals surface area contributed by atoms with E-state index in [1.807, 2.05) is 0 Å². The standard InChI is InChI=1S/C6H12OS/c1-2-5-3-4-6(7)8-5/h5-7H,2-4H2,1H3. The molecular weight excluding hydrogens is 120 g/mol. The maximum absolute atomic E-state index is 8.99. The lowest BCUT2D eigenvalue weighted by Gasteiger charge is -2.01. The van der Waals surface area contributed by atoms with Crippen molar-refractivity contribution in [1.29, 1.82) is 0 Å². The van der Waals surface area contributed by atoms with E-state index in [4.69, 9.17) is 5.11 Å². The second-order valence-corrected chi connectivity index (χ2v) is 3.68. The molecule has 8 heavy (non-hydrogen) atoms. The molecule has 1 fully saturated rings. The van der Waals surface area contributed by atoms with Crippen molar-refractivity contribution in [3.63, 3.8) is 0 Å². The summed E-state index contributed by atoms with van der Waals surface area (Å²) in [5, 5.41) is 9.73. The molecule has 0 aromatic rings. The lowest BCUT2D eigenvalue weighted by molar-refractivity contribution is 0.259. The molecule has 1 N–H and O–H groups in total. The third kappa shape index (κ3) is 1.39. The van der Waals surface area contributed by atoms with E-state index >= 15 is 0 Å². The molecule has 2 heteroatoms. The normalized spacial score (nSPS) is 38.2. The largest absolute Gasteiger partial charge is 0.382 e. The fraction of sp³-hybridized carbons (Fsp3) is 1.00. The SMILES string of the molecule is CCC1CCC(O)S1. The van der Waals surface area contributed by atoms with Crippen LogP contribution in [0.15, 0.2) is 0 Å². The Balaban J connectivity index is 2.22. The van der Waals surface area contributed by atoms with Gasteiger partial charge in [0, 0.05) is 5.25 Å². The first-order valence-electron chi connectivity index (χ1n) is 3.16. The highest BCUT2D eigenvalue weighted by Crippen LogP contribution is 2.33. The smallest absolute Gasteiger partial charge is 0.0995 e. The first kappa shape index (κ1) is 6.43. The van der Waals surface area contributed by atoms with E-state index in [0.29, 0.717) is 0 Å². The summed E-state index contributed by atoms with van der Waals surface area (Å²) >= 11 is 1.72. The molecule has 2 atom stereocenters. The molecule has 0 aromatic heterocycles. The van der Waals surface area contributed by atoms with E-state index in [0.717, 1.165) is 11.7 Å². The number of thioether (sulfide) groups is 1. The highest BCUT2D eigenvalue weighted by molar-refractivity contribution is 8.00. The highest BCUT2D eigenvalue weighted by atomic mass is 32.2. The molecule has 0 radical (unpaired) electrons. The number of hydrogen-bond acceptors (Lipinski definition) is 2. The van der Waals surface area contributed by atoms with Gasteiger partial charge in [-0.15, -0.1) is 11.8 Å². The quantitative estimate of drug-likeness (QED) is 0.585. The Morgan fingerprint density at radius 3 is 2.62 bits per heavy atom. The van der Waals surface area contributed by atoms with Gasteiger partial charge in [-0.1, -0.05) is 6.92 Å². The van der Waals surface area contributed by atoms with Crippen LogP contribution in [0.1, 0.15) is 26.2 Å². The summed E-state index contributed by atoms with van der Waals surface area (Å²) in [5.74, 6) is 0. The fourth-order valence-corrected chi connectivity index (χ4v) is 2.17. The van der Waals surface area contributed by atoms with Gasteiger partial charge in [0.1, 0.15) is 0 Å². The van der Waals surface area contributed by atoms with Crippen LogP contribution in [0.2, 0.25) is 0 Å². The first-order chi connectivity index (χ1) is 3.83. The van der Waals surface area contributed by atoms with Gasteiger partial charge >= 0.3 is 0 Å². The average Bonchev–Trinajstić information content (AvgIpc) is 2.14. The molecule has 0 aliphatic carbocycles. The summed E-state index contributed by atoms with van der Waals surface area (Å²) in [4.78, 5) is 0. The van der Waals surface area contributed by atoms with E-state index in [2.05, 4.69) is 6.92 Å². The lowest BCUT2D eigenvalue weighted by Crippen LogP contribution is -1.93. The lowest BCUT2D eigenvalue weighted by atomic mass is 10.2. The monoisotopic (exact) mass is 132 g/mol. The van der Waals surface area contributed by atoms with Gasteiger partial charge in [0.25, 0.3) is 0 Å². The Labute approximate surface area is 54.5 Å². The van der Waals surface area contributed by atoms with Crippen LogP contribution in [0.4, 0.5) is 0 Å². The number of hydrogen-bond donors (Lipinski definition) is 1. The molecule has 1 nitrogen and oxygen atoms in total.